The fourth-order valence-corrected chi connectivity index (χ4v) is 2.79. The van der Waals surface area contributed by atoms with Crippen LogP contribution in [0.2, 0.25) is 0 Å². The van der Waals surface area contributed by atoms with E-state index in [0.29, 0.717) is 5.75 Å². The molecule has 0 spiro atoms. The lowest BCUT2D eigenvalue weighted by molar-refractivity contribution is -0.120. The molecule has 0 aliphatic carbocycles. The molecule has 0 aliphatic rings. The van der Waals surface area contributed by atoms with Crippen LogP contribution >= 0.6 is 0 Å². The zero-order valence-corrected chi connectivity index (χ0v) is 15.5. The predicted molar refractivity (Wildman–Crippen MR) is 111 cm³/mol. The molecule has 140 valence electrons. The van der Waals surface area contributed by atoms with Crippen LogP contribution in [0.4, 0.5) is 0 Å². The lowest BCUT2D eigenvalue weighted by Crippen LogP contribution is -2.19. The Morgan fingerprint density at radius 1 is 1.14 bits per heavy atom. The maximum Gasteiger partial charge on any atom is 0.244 e. The Morgan fingerprint density at radius 2 is 1.93 bits per heavy atom. The van der Waals surface area contributed by atoms with Crippen molar-refractivity contribution < 1.29 is 14.3 Å². The van der Waals surface area contributed by atoms with E-state index >= 15 is 0 Å². The molecule has 0 aromatic heterocycles. The third-order valence-corrected chi connectivity index (χ3v) is 4.15. The van der Waals surface area contributed by atoms with Crippen molar-refractivity contribution in [3.8, 4) is 23.8 Å². The van der Waals surface area contributed by atoms with Gasteiger partial charge in [0.1, 0.15) is 18.1 Å². The number of methoxy groups -OCH3 is 1. The zero-order valence-electron chi connectivity index (χ0n) is 15.5. The van der Waals surface area contributed by atoms with E-state index in [1.807, 2.05) is 60.7 Å². The summed E-state index contributed by atoms with van der Waals surface area (Å²) >= 11 is 0. The lowest BCUT2D eigenvalue weighted by Gasteiger charge is -2.10. The number of nitrogens with one attached hydrogen (secondary N) is 1. The lowest BCUT2D eigenvalue weighted by atomic mass is 10.0. The van der Waals surface area contributed by atoms with Gasteiger partial charge in [0.05, 0.1) is 19.7 Å². The Balaban J connectivity index is 1.74. The molecular weight excluding hydrogens is 352 g/mol. The third-order valence-electron chi connectivity index (χ3n) is 4.15. The van der Waals surface area contributed by atoms with Crippen LogP contribution in [-0.4, -0.2) is 25.8 Å². The van der Waals surface area contributed by atoms with Crippen LogP contribution in [0.1, 0.15) is 11.1 Å². The molecule has 3 aromatic carbocycles. The molecule has 28 heavy (non-hydrogen) atoms. The molecule has 3 aromatic rings. The van der Waals surface area contributed by atoms with Crippen LogP contribution in [0.5, 0.6) is 11.5 Å². The van der Waals surface area contributed by atoms with E-state index in [-0.39, 0.29) is 18.9 Å². The van der Waals surface area contributed by atoms with Crippen LogP contribution in [0, 0.1) is 12.3 Å². The molecule has 0 unspecified atom stereocenters. The Morgan fingerprint density at radius 3 is 2.68 bits per heavy atom. The standard InChI is InChI=1S/C23H20N2O3/c1-3-14-28-22-13-10-18-6-4-5-7-20(18)21(22)16-24-25-23(26)15-17-8-11-19(27-2)12-9-17/h1,4-13,16H,14-15H2,2H3,(H,25,26)/b24-16+. The molecule has 5 nitrogen and oxygen atoms in total. The van der Waals surface area contributed by atoms with Gasteiger partial charge >= 0.3 is 0 Å². The first kappa shape index (κ1) is 19.0. The van der Waals surface area contributed by atoms with Crippen molar-refractivity contribution in [1.29, 1.82) is 0 Å². The van der Waals surface area contributed by atoms with Crippen LogP contribution in [0.15, 0.2) is 65.8 Å². The Kier molecular flexibility index (Phi) is 6.27. The van der Waals surface area contributed by atoms with Crippen molar-refractivity contribution in [3.05, 3.63) is 71.8 Å². The van der Waals surface area contributed by atoms with Crippen LogP contribution in [0.3, 0.4) is 0 Å². The molecule has 0 aliphatic heterocycles. The maximum atomic E-state index is 12.2. The second kappa shape index (κ2) is 9.24. The zero-order chi connectivity index (χ0) is 19.8. The Bertz CT molecular complexity index is 1030. The average molecular weight is 372 g/mol. The molecule has 0 saturated heterocycles. The van der Waals surface area contributed by atoms with Gasteiger partial charge in [-0.15, -0.1) is 6.42 Å². The molecule has 0 bridgehead atoms. The summed E-state index contributed by atoms with van der Waals surface area (Å²) in [6.07, 6.45) is 7.10. The average Bonchev–Trinajstić information content (AvgIpc) is 2.73. The summed E-state index contributed by atoms with van der Waals surface area (Å²) in [7, 11) is 1.60. The number of ether oxygens (including phenoxy) is 2. The van der Waals surface area contributed by atoms with Crippen LogP contribution in [-0.2, 0) is 11.2 Å². The number of carbonyl (C=O) groups is 1. The largest absolute Gasteiger partial charge is 0.497 e. The summed E-state index contributed by atoms with van der Waals surface area (Å²) in [6.45, 7) is 0.156. The number of amides is 1. The first-order chi connectivity index (χ1) is 13.7. The highest BCUT2D eigenvalue weighted by atomic mass is 16.5. The Hall–Kier alpha value is -3.78. The molecule has 0 fully saturated rings. The van der Waals surface area contributed by atoms with Crippen molar-refractivity contribution in [2.75, 3.05) is 13.7 Å². The van der Waals surface area contributed by atoms with E-state index in [2.05, 4.69) is 16.4 Å². The van der Waals surface area contributed by atoms with Gasteiger partial charge in [-0.1, -0.05) is 48.4 Å². The number of carbonyl (C=O) groups excluding carboxylic acids is 1. The number of fused-ring (bicyclic) bond motifs is 1. The smallest absolute Gasteiger partial charge is 0.244 e. The molecule has 0 heterocycles. The number of rotatable bonds is 7. The fourth-order valence-electron chi connectivity index (χ4n) is 2.79. The number of hydrazone groups is 1. The molecule has 0 saturated carbocycles. The van der Waals surface area contributed by atoms with Gasteiger partial charge in [-0.3, -0.25) is 4.79 Å². The number of benzene rings is 3. The van der Waals surface area contributed by atoms with Gasteiger partial charge in [0.25, 0.3) is 0 Å². The van der Waals surface area contributed by atoms with Crippen molar-refractivity contribution in [2.45, 2.75) is 6.42 Å². The summed E-state index contributed by atoms with van der Waals surface area (Å²) in [4.78, 5) is 12.2. The molecule has 5 heteroatoms. The third kappa shape index (κ3) is 4.68. The minimum Gasteiger partial charge on any atom is -0.497 e. The van der Waals surface area contributed by atoms with E-state index < -0.39 is 0 Å². The highest BCUT2D eigenvalue weighted by Gasteiger charge is 2.07. The monoisotopic (exact) mass is 372 g/mol. The summed E-state index contributed by atoms with van der Waals surface area (Å²) in [5.41, 5.74) is 4.19. The second-order valence-electron chi connectivity index (χ2n) is 6.01. The highest BCUT2D eigenvalue weighted by Crippen LogP contribution is 2.26. The van der Waals surface area contributed by atoms with Crippen molar-refractivity contribution in [1.82, 2.24) is 5.43 Å². The summed E-state index contributed by atoms with van der Waals surface area (Å²) in [5.74, 6) is 3.60. The highest BCUT2D eigenvalue weighted by molar-refractivity contribution is 6.02. The second-order valence-corrected chi connectivity index (χ2v) is 6.01. The molecule has 3 rings (SSSR count). The SMILES string of the molecule is C#CCOc1ccc2ccccc2c1/C=N/NC(=O)Cc1ccc(OC)cc1. The number of terminal acetylenes is 1. The van der Waals surface area contributed by atoms with E-state index in [1.54, 1.807) is 13.3 Å². The van der Waals surface area contributed by atoms with Gasteiger partial charge in [-0.2, -0.15) is 5.10 Å². The van der Waals surface area contributed by atoms with E-state index in [0.717, 1.165) is 27.6 Å². The number of hydrogen-bond acceptors (Lipinski definition) is 4. The van der Waals surface area contributed by atoms with Crippen LogP contribution in [0.25, 0.3) is 10.8 Å². The summed E-state index contributed by atoms with van der Waals surface area (Å²) in [6, 6.07) is 19.0. The Labute approximate surface area is 164 Å². The molecule has 1 N–H and O–H groups in total. The predicted octanol–water partition coefficient (Wildman–Crippen LogP) is 3.55. The van der Waals surface area contributed by atoms with Gasteiger partial charge in [-0.05, 0) is 34.5 Å². The fraction of sp³-hybridized carbons (Fsp3) is 0.130. The van der Waals surface area contributed by atoms with Gasteiger partial charge in [-0.25, -0.2) is 5.43 Å². The maximum absolute atomic E-state index is 12.2. The molecular formula is C23H20N2O3. The first-order valence-corrected chi connectivity index (χ1v) is 8.74. The summed E-state index contributed by atoms with van der Waals surface area (Å²) in [5, 5.41) is 6.12. The topological polar surface area (TPSA) is 59.9 Å². The normalized spacial score (nSPS) is 10.6. The van der Waals surface area contributed by atoms with Gasteiger partial charge in [0.15, 0.2) is 0 Å². The minimum absolute atomic E-state index is 0.156. The molecule has 0 atom stereocenters. The van der Waals surface area contributed by atoms with Crippen molar-refractivity contribution in [2.24, 2.45) is 5.10 Å². The van der Waals surface area contributed by atoms with Crippen molar-refractivity contribution in [3.63, 3.8) is 0 Å². The van der Waals surface area contributed by atoms with Gasteiger partial charge < -0.3 is 9.47 Å². The summed E-state index contributed by atoms with van der Waals surface area (Å²) < 4.78 is 10.7. The number of hydrogen-bond donors (Lipinski definition) is 1. The van der Waals surface area contributed by atoms with Crippen molar-refractivity contribution >= 4 is 22.9 Å². The molecule has 0 radical (unpaired) electrons. The van der Waals surface area contributed by atoms with E-state index in [1.165, 1.54) is 0 Å². The van der Waals surface area contributed by atoms with E-state index in [4.69, 9.17) is 15.9 Å². The first-order valence-electron chi connectivity index (χ1n) is 8.74. The number of nitrogens with zero attached hydrogens (tertiary/aromatic N) is 1. The van der Waals surface area contributed by atoms with Gasteiger partial charge in [0.2, 0.25) is 5.91 Å². The quantitative estimate of drug-likeness (QED) is 0.392. The van der Waals surface area contributed by atoms with Crippen LogP contribution < -0.4 is 14.9 Å². The van der Waals surface area contributed by atoms with Gasteiger partial charge in [0, 0.05) is 5.56 Å². The van der Waals surface area contributed by atoms with E-state index in [9.17, 15) is 4.79 Å². The minimum atomic E-state index is -0.215. The molecule has 1 amide bonds.